The summed E-state index contributed by atoms with van der Waals surface area (Å²) >= 11 is 8.32. The number of thiophene rings is 1. The van der Waals surface area contributed by atoms with E-state index in [1.165, 1.54) is 33.3 Å². The lowest BCUT2D eigenvalue weighted by Crippen LogP contribution is -2.48. The van der Waals surface area contributed by atoms with Crippen molar-refractivity contribution >= 4 is 61.4 Å². The van der Waals surface area contributed by atoms with E-state index in [1.807, 2.05) is 4.90 Å². The molecular formula is C16H20BrN5OS3. The van der Waals surface area contributed by atoms with Crippen LogP contribution in [0.4, 0.5) is 5.13 Å². The van der Waals surface area contributed by atoms with Crippen LogP contribution in [0.1, 0.15) is 17.7 Å². The number of anilines is 1. The minimum Gasteiger partial charge on any atom is -0.357 e. The van der Waals surface area contributed by atoms with Gasteiger partial charge in [0.1, 0.15) is 0 Å². The van der Waals surface area contributed by atoms with E-state index >= 15 is 0 Å². The van der Waals surface area contributed by atoms with Crippen molar-refractivity contribution in [3.05, 3.63) is 20.8 Å². The first-order valence-electron chi connectivity index (χ1n) is 8.63. The molecule has 4 rings (SSSR count). The normalized spacial score (nSPS) is 18.3. The standard InChI is InChI=1S/C16H20BrN5OS3/c17-13-4-3-12(25-13)9-21-5-7-22(8-6-21)14(23)10-24-16-20-19-15(26-16)18-11-1-2-11/h3-4,11H,1-2,5-10H2,(H,18,19). The van der Waals surface area contributed by atoms with Crippen LogP contribution in [0.3, 0.4) is 0 Å². The molecule has 1 N–H and O–H groups in total. The van der Waals surface area contributed by atoms with Crippen molar-refractivity contribution in [1.29, 1.82) is 0 Å². The Kier molecular flexibility index (Phi) is 6.14. The summed E-state index contributed by atoms with van der Waals surface area (Å²) in [5.74, 6) is 0.635. The lowest BCUT2D eigenvalue weighted by Gasteiger charge is -2.34. The summed E-state index contributed by atoms with van der Waals surface area (Å²) in [5.41, 5.74) is 0. The number of carbonyl (C=O) groups is 1. The van der Waals surface area contributed by atoms with Gasteiger partial charge in [-0.2, -0.15) is 0 Å². The van der Waals surface area contributed by atoms with Crippen LogP contribution in [0.15, 0.2) is 20.3 Å². The predicted molar refractivity (Wildman–Crippen MR) is 111 cm³/mol. The van der Waals surface area contributed by atoms with E-state index < -0.39 is 0 Å². The second-order valence-electron chi connectivity index (χ2n) is 6.44. The molecular weight excluding hydrogens is 454 g/mol. The quantitative estimate of drug-likeness (QED) is 0.621. The number of piperazine rings is 1. The van der Waals surface area contributed by atoms with Gasteiger partial charge in [-0.25, -0.2) is 0 Å². The molecule has 0 atom stereocenters. The Balaban J connectivity index is 1.19. The Bertz CT molecular complexity index is 755. The van der Waals surface area contributed by atoms with Gasteiger partial charge in [0, 0.05) is 43.6 Å². The van der Waals surface area contributed by atoms with E-state index in [4.69, 9.17) is 0 Å². The third-order valence-corrected chi connectivity index (χ3v) is 7.94. The highest BCUT2D eigenvalue weighted by Gasteiger charge is 2.24. The lowest BCUT2D eigenvalue weighted by atomic mass is 10.3. The smallest absolute Gasteiger partial charge is 0.233 e. The number of halogens is 1. The van der Waals surface area contributed by atoms with E-state index in [2.05, 4.69) is 48.5 Å². The average molecular weight is 474 g/mol. The van der Waals surface area contributed by atoms with Gasteiger partial charge in [-0.1, -0.05) is 23.1 Å². The molecule has 0 aromatic carbocycles. The molecule has 6 nitrogen and oxygen atoms in total. The molecule has 0 unspecified atom stereocenters. The topological polar surface area (TPSA) is 61.4 Å². The molecule has 0 bridgehead atoms. The Labute approximate surface area is 173 Å². The van der Waals surface area contributed by atoms with Crippen LogP contribution < -0.4 is 5.32 Å². The zero-order chi connectivity index (χ0) is 17.9. The van der Waals surface area contributed by atoms with Gasteiger partial charge in [0.2, 0.25) is 11.0 Å². The van der Waals surface area contributed by atoms with Gasteiger partial charge in [0.05, 0.1) is 9.54 Å². The molecule has 1 aliphatic carbocycles. The highest BCUT2D eigenvalue weighted by molar-refractivity contribution is 9.11. The van der Waals surface area contributed by atoms with Crippen LogP contribution in [0.25, 0.3) is 0 Å². The maximum Gasteiger partial charge on any atom is 0.233 e. The largest absolute Gasteiger partial charge is 0.357 e. The minimum atomic E-state index is 0.195. The van der Waals surface area contributed by atoms with Crippen molar-refractivity contribution < 1.29 is 4.79 Å². The van der Waals surface area contributed by atoms with Crippen molar-refractivity contribution in [2.45, 2.75) is 29.8 Å². The van der Waals surface area contributed by atoms with Gasteiger partial charge in [0.25, 0.3) is 0 Å². The molecule has 1 saturated carbocycles. The second-order valence-corrected chi connectivity index (χ2v) is 11.2. The number of thioether (sulfide) groups is 1. The number of nitrogens with zero attached hydrogens (tertiary/aromatic N) is 4. The molecule has 3 heterocycles. The Morgan fingerprint density at radius 1 is 1.23 bits per heavy atom. The van der Waals surface area contributed by atoms with Gasteiger partial charge >= 0.3 is 0 Å². The van der Waals surface area contributed by atoms with Gasteiger partial charge in [0.15, 0.2) is 4.34 Å². The van der Waals surface area contributed by atoms with E-state index in [0.29, 0.717) is 11.8 Å². The molecule has 2 aliphatic rings. The Morgan fingerprint density at radius 2 is 2.04 bits per heavy atom. The number of nitrogens with one attached hydrogen (secondary N) is 1. The minimum absolute atomic E-state index is 0.195. The summed E-state index contributed by atoms with van der Waals surface area (Å²) in [5, 5.41) is 12.5. The lowest BCUT2D eigenvalue weighted by molar-refractivity contribution is -0.130. The average Bonchev–Trinajstić information content (AvgIpc) is 3.18. The van der Waals surface area contributed by atoms with Crippen molar-refractivity contribution in [2.75, 3.05) is 37.2 Å². The molecule has 2 aromatic rings. The maximum absolute atomic E-state index is 12.5. The Morgan fingerprint density at radius 3 is 2.73 bits per heavy atom. The molecule has 0 radical (unpaired) electrons. The highest BCUT2D eigenvalue weighted by Crippen LogP contribution is 2.30. The molecule has 0 spiro atoms. The summed E-state index contributed by atoms with van der Waals surface area (Å²) in [6.07, 6.45) is 2.44. The zero-order valence-electron chi connectivity index (χ0n) is 14.2. The van der Waals surface area contributed by atoms with E-state index in [0.717, 1.165) is 42.2 Å². The Hall–Kier alpha value is -0.680. The second kappa shape index (κ2) is 8.55. The first kappa shape index (κ1) is 18.7. The number of carbonyl (C=O) groups excluding carboxylic acids is 1. The van der Waals surface area contributed by atoms with Crippen molar-refractivity contribution in [2.24, 2.45) is 0 Å². The predicted octanol–water partition coefficient (Wildman–Crippen LogP) is 3.37. The summed E-state index contributed by atoms with van der Waals surface area (Å²) in [4.78, 5) is 18.2. The van der Waals surface area contributed by atoms with Crippen LogP contribution in [-0.4, -0.2) is 63.9 Å². The monoisotopic (exact) mass is 473 g/mol. The fourth-order valence-electron chi connectivity index (χ4n) is 2.76. The van der Waals surface area contributed by atoms with Gasteiger partial charge < -0.3 is 10.2 Å². The number of hydrogen-bond donors (Lipinski definition) is 1. The summed E-state index contributed by atoms with van der Waals surface area (Å²) < 4.78 is 2.04. The van der Waals surface area contributed by atoms with Crippen molar-refractivity contribution in [1.82, 2.24) is 20.0 Å². The van der Waals surface area contributed by atoms with E-state index in [9.17, 15) is 4.79 Å². The molecule has 1 saturated heterocycles. The van der Waals surface area contributed by atoms with E-state index in [-0.39, 0.29) is 5.91 Å². The molecule has 2 fully saturated rings. The SMILES string of the molecule is O=C(CSc1nnc(NC2CC2)s1)N1CCN(Cc2ccc(Br)s2)CC1. The first-order chi connectivity index (χ1) is 12.7. The zero-order valence-corrected chi connectivity index (χ0v) is 18.2. The third-order valence-electron chi connectivity index (χ3n) is 4.36. The van der Waals surface area contributed by atoms with Crippen LogP contribution >= 0.6 is 50.4 Å². The summed E-state index contributed by atoms with van der Waals surface area (Å²) in [7, 11) is 0. The first-order valence-corrected chi connectivity index (χ1v) is 12.0. The fourth-order valence-corrected chi connectivity index (χ4v) is 6.01. The van der Waals surface area contributed by atoms with Crippen LogP contribution in [0.5, 0.6) is 0 Å². The summed E-state index contributed by atoms with van der Waals surface area (Å²) in [6, 6.07) is 4.84. The molecule has 1 aliphatic heterocycles. The molecule has 10 heteroatoms. The van der Waals surface area contributed by atoms with Gasteiger partial charge in [-0.3, -0.25) is 9.69 Å². The molecule has 26 heavy (non-hydrogen) atoms. The number of amides is 1. The molecule has 1 amide bonds. The molecule has 140 valence electrons. The van der Waals surface area contributed by atoms with Crippen LogP contribution in [0.2, 0.25) is 0 Å². The summed E-state index contributed by atoms with van der Waals surface area (Å²) in [6.45, 7) is 4.43. The third kappa shape index (κ3) is 5.19. The van der Waals surface area contributed by atoms with Gasteiger partial charge in [-0.15, -0.1) is 21.5 Å². The van der Waals surface area contributed by atoms with Gasteiger partial charge in [-0.05, 0) is 40.9 Å². The number of rotatable bonds is 7. The van der Waals surface area contributed by atoms with Crippen molar-refractivity contribution in [3.63, 3.8) is 0 Å². The van der Waals surface area contributed by atoms with E-state index in [1.54, 1.807) is 22.7 Å². The molecule has 2 aromatic heterocycles. The number of hydrogen-bond acceptors (Lipinski definition) is 8. The fraction of sp³-hybridized carbons (Fsp3) is 0.562. The van der Waals surface area contributed by atoms with Crippen molar-refractivity contribution in [3.8, 4) is 0 Å². The maximum atomic E-state index is 12.5. The highest BCUT2D eigenvalue weighted by atomic mass is 79.9. The van der Waals surface area contributed by atoms with Crippen LogP contribution in [-0.2, 0) is 11.3 Å². The number of aromatic nitrogens is 2. The van der Waals surface area contributed by atoms with Crippen LogP contribution in [0, 0.1) is 0 Å².